The molecule has 4 heteroatoms. The fourth-order valence-corrected chi connectivity index (χ4v) is 4.04. The highest BCUT2D eigenvalue weighted by atomic mass is 79.9. The summed E-state index contributed by atoms with van der Waals surface area (Å²) in [6.07, 6.45) is 2.16. The summed E-state index contributed by atoms with van der Waals surface area (Å²) in [6, 6.07) is 8.34. The quantitative estimate of drug-likeness (QED) is 0.807. The van der Waals surface area contributed by atoms with Crippen LogP contribution in [0.25, 0.3) is 10.2 Å². The smallest absolute Gasteiger partial charge is 0.0945 e. The third-order valence-electron chi connectivity index (χ3n) is 3.33. The number of aromatic nitrogens is 1. The minimum absolute atomic E-state index is 0.258. The Labute approximate surface area is 113 Å². The topological polar surface area (TPSA) is 22.1 Å². The summed E-state index contributed by atoms with van der Waals surface area (Å²) >= 11 is 5.44. The number of hydrogen-bond acceptors (Lipinski definition) is 3. The highest BCUT2D eigenvalue weighted by Gasteiger charge is 2.35. The molecule has 17 heavy (non-hydrogen) atoms. The maximum Gasteiger partial charge on any atom is 0.0945 e. The van der Waals surface area contributed by atoms with E-state index in [9.17, 15) is 0 Å². The number of para-hydroxylation sites is 1. The normalized spacial score (nSPS) is 24.5. The average molecular weight is 312 g/mol. The Morgan fingerprint density at radius 1 is 1.41 bits per heavy atom. The summed E-state index contributed by atoms with van der Waals surface area (Å²) in [5, 5.41) is 2.23. The van der Waals surface area contributed by atoms with E-state index in [0.717, 1.165) is 36.9 Å². The van der Waals surface area contributed by atoms with E-state index in [1.54, 1.807) is 0 Å². The molecule has 1 unspecified atom stereocenters. The number of fused-ring (bicyclic) bond motifs is 1. The minimum Gasteiger partial charge on any atom is -0.381 e. The molecule has 1 saturated heterocycles. The summed E-state index contributed by atoms with van der Waals surface area (Å²) in [5.74, 6) is 0. The van der Waals surface area contributed by atoms with E-state index in [1.165, 1.54) is 9.71 Å². The zero-order valence-electron chi connectivity index (χ0n) is 9.49. The zero-order valence-corrected chi connectivity index (χ0v) is 11.9. The van der Waals surface area contributed by atoms with Crippen LogP contribution in [0.5, 0.6) is 0 Å². The van der Waals surface area contributed by atoms with Crippen molar-refractivity contribution in [1.29, 1.82) is 0 Å². The lowest BCUT2D eigenvalue weighted by Gasteiger charge is -2.22. The SMILES string of the molecule is BrCC1(Cc2nc3ccccc3s2)CCOC1. The van der Waals surface area contributed by atoms with Crippen molar-refractivity contribution in [2.75, 3.05) is 18.5 Å². The second-order valence-corrected chi connectivity index (χ2v) is 6.36. The standard InChI is InChI=1S/C13H14BrNOS/c14-8-13(5-6-16-9-13)7-12-15-10-3-1-2-4-11(10)17-12/h1-4H,5-9H2. The maximum atomic E-state index is 5.54. The molecule has 2 nitrogen and oxygen atoms in total. The lowest BCUT2D eigenvalue weighted by molar-refractivity contribution is 0.162. The van der Waals surface area contributed by atoms with E-state index in [-0.39, 0.29) is 5.41 Å². The van der Waals surface area contributed by atoms with Gasteiger partial charge in [-0.25, -0.2) is 4.98 Å². The highest BCUT2D eigenvalue weighted by Crippen LogP contribution is 2.36. The summed E-state index contributed by atoms with van der Waals surface area (Å²) in [6.45, 7) is 1.74. The predicted octanol–water partition coefficient (Wildman–Crippen LogP) is 3.64. The van der Waals surface area contributed by atoms with Crippen molar-refractivity contribution in [2.45, 2.75) is 12.8 Å². The highest BCUT2D eigenvalue weighted by molar-refractivity contribution is 9.09. The van der Waals surface area contributed by atoms with Gasteiger partial charge in [-0.15, -0.1) is 11.3 Å². The third-order valence-corrected chi connectivity index (χ3v) is 5.56. The molecular weight excluding hydrogens is 298 g/mol. The molecule has 1 aromatic carbocycles. The lowest BCUT2D eigenvalue weighted by Crippen LogP contribution is -2.25. The van der Waals surface area contributed by atoms with Crippen molar-refractivity contribution >= 4 is 37.5 Å². The van der Waals surface area contributed by atoms with Gasteiger partial charge in [0.1, 0.15) is 0 Å². The summed E-state index contributed by atoms with van der Waals surface area (Å²) in [5.41, 5.74) is 1.38. The molecule has 0 N–H and O–H groups in total. The van der Waals surface area contributed by atoms with Gasteiger partial charge in [-0.1, -0.05) is 28.1 Å². The third kappa shape index (κ3) is 2.26. The van der Waals surface area contributed by atoms with Gasteiger partial charge in [0.2, 0.25) is 0 Å². The van der Waals surface area contributed by atoms with Gasteiger partial charge < -0.3 is 4.74 Å². The van der Waals surface area contributed by atoms with Crippen LogP contribution in [0.3, 0.4) is 0 Å². The first kappa shape index (κ1) is 11.6. The number of ether oxygens (including phenoxy) is 1. The molecule has 2 heterocycles. The first-order valence-electron chi connectivity index (χ1n) is 5.80. The maximum absolute atomic E-state index is 5.54. The Hall–Kier alpha value is -0.450. The van der Waals surface area contributed by atoms with Gasteiger partial charge >= 0.3 is 0 Å². The van der Waals surface area contributed by atoms with Gasteiger partial charge in [0, 0.05) is 23.8 Å². The van der Waals surface area contributed by atoms with Crippen molar-refractivity contribution in [3.05, 3.63) is 29.3 Å². The van der Waals surface area contributed by atoms with Crippen LogP contribution in [0.1, 0.15) is 11.4 Å². The molecule has 0 saturated carbocycles. The molecule has 0 spiro atoms. The van der Waals surface area contributed by atoms with Crippen LogP contribution in [0.2, 0.25) is 0 Å². The molecule has 1 aliphatic heterocycles. The van der Waals surface area contributed by atoms with E-state index in [1.807, 2.05) is 17.4 Å². The van der Waals surface area contributed by atoms with Crippen molar-refractivity contribution < 1.29 is 4.74 Å². The van der Waals surface area contributed by atoms with Gasteiger partial charge in [0.05, 0.1) is 21.8 Å². The number of hydrogen-bond donors (Lipinski definition) is 0. The van der Waals surface area contributed by atoms with Gasteiger partial charge in [0.25, 0.3) is 0 Å². The zero-order chi connectivity index (χ0) is 11.7. The second-order valence-electron chi connectivity index (χ2n) is 4.69. The number of rotatable bonds is 3. The molecule has 1 fully saturated rings. The Morgan fingerprint density at radius 2 is 2.29 bits per heavy atom. The van der Waals surface area contributed by atoms with Gasteiger partial charge in [-0.05, 0) is 18.6 Å². The molecule has 1 atom stereocenters. The Balaban J connectivity index is 1.89. The molecule has 2 aromatic rings. The lowest BCUT2D eigenvalue weighted by atomic mass is 9.86. The van der Waals surface area contributed by atoms with Crippen LogP contribution < -0.4 is 0 Å². The molecule has 1 aromatic heterocycles. The molecule has 90 valence electrons. The van der Waals surface area contributed by atoms with E-state index in [2.05, 4.69) is 34.1 Å². The predicted molar refractivity (Wildman–Crippen MR) is 75.0 cm³/mol. The van der Waals surface area contributed by atoms with Crippen molar-refractivity contribution in [3.8, 4) is 0 Å². The van der Waals surface area contributed by atoms with Crippen molar-refractivity contribution in [3.63, 3.8) is 0 Å². The van der Waals surface area contributed by atoms with Crippen LogP contribution in [0.4, 0.5) is 0 Å². The van der Waals surface area contributed by atoms with E-state index >= 15 is 0 Å². The van der Waals surface area contributed by atoms with Crippen LogP contribution in [-0.2, 0) is 11.2 Å². The first-order valence-corrected chi connectivity index (χ1v) is 7.73. The summed E-state index contributed by atoms with van der Waals surface area (Å²) in [7, 11) is 0. The number of benzene rings is 1. The van der Waals surface area contributed by atoms with E-state index < -0.39 is 0 Å². The Bertz CT molecular complexity index is 486. The second kappa shape index (κ2) is 4.67. The van der Waals surface area contributed by atoms with Crippen molar-refractivity contribution in [1.82, 2.24) is 4.98 Å². The average Bonchev–Trinajstić information content (AvgIpc) is 2.95. The number of alkyl halides is 1. The summed E-state index contributed by atoms with van der Waals surface area (Å²) < 4.78 is 6.83. The number of thiazole rings is 1. The van der Waals surface area contributed by atoms with Gasteiger partial charge in [0.15, 0.2) is 0 Å². The van der Waals surface area contributed by atoms with Crippen LogP contribution >= 0.6 is 27.3 Å². The monoisotopic (exact) mass is 311 g/mol. The Morgan fingerprint density at radius 3 is 3.00 bits per heavy atom. The molecule has 0 amide bonds. The fraction of sp³-hybridized carbons (Fsp3) is 0.462. The molecular formula is C13H14BrNOS. The Kier molecular flexibility index (Phi) is 3.19. The minimum atomic E-state index is 0.258. The van der Waals surface area contributed by atoms with Crippen molar-refractivity contribution in [2.24, 2.45) is 5.41 Å². The van der Waals surface area contributed by atoms with E-state index in [4.69, 9.17) is 9.72 Å². The van der Waals surface area contributed by atoms with E-state index in [0.29, 0.717) is 0 Å². The number of halogens is 1. The molecule has 0 aliphatic carbocycles. The first-order chi connectivity index (χ1) is 8.31. The summed E-state index contributed by atoms with van der Waals surface area (Å²) in [4.78, 5) is 4.71. The van der Waals surface area contributed by atoms with Crippen LogP contribution in [-0.4, -0.2) is 23.5 Å². The van der Waals surface area contributed by atoms with Crippen LogP contribution in [0.15, 0.2) is 24.3 Å². The molecule has 1 aliphatic rings. The fourth-order valence-electron chi connectivity index (χ4n) is 2.26. The largest absolute Gasteiger partial charge is 0.381 e. The molecule has 0 radical (unpaired) electrons. The molecule has 3 rings (SSSR count). The number of nitrogens with zero attached hydrogens (tertiary/aromatic N) is 1. The van der Waals surface area contributed by atoms with Crippen LogP contribution in [0, 0.1) is 5.41 Å². The van der Waals surface area contributed by atoms with Gasteiger partial charge in [-0.3, -0.25) is 0 Å². The molecule has 0 bridgehead atoms. The van der Waals surface area contributed by atoms with Gasteiger partial charge in [-0.2, -0.15) is 0 Å².